The van der Waals surface area contributed by atoms with E-state index in [2.05, 4.69) is 67.4 Å². The fourth-order valence-electron chi connectivity index (χ4n) is 3.06. The Morgan fingerprint density at radius 2 is 1.85 bits per heavy atom. The molecule has 2 heteroatoms. The summed E-state index contributed by atoms with van der Waals surface area (Å²) in [5, 5.41) is 2.26. The Morgan fingerprint density at radius 3 is 2.55 bits per heavy atom. The molecule has 2 heterocycles. The van der Waals surface area contributed by atoms with Crippen molar-refractivity contribution in [3.8, 4) is 0 Å². The lowest BCUT2D eigenvalue weighted by molar-refractivity contribution is 0.138. The van der Waals surface area contributed by atoms with Crippen LogP contribution in [0.3, 0.4) is 0 Å². The van der Waals surface area contributed by atoms with Gasteiger partial charge in [-0.25, -0.2) is 0 Å². The number of hydrogen-bond acceptors (Lipinski definition) is 2. The standard InChI is InChI=1S/C18H23NS/c1-18(2,3)19-11-9-15-10-12-20-17(15)16(13-19)14-7-5-4-6-8-14/h4-8,10,12,16H,9,11,13H2,1-3H3. The van der Waals surface area contributed by atoms with Crippen LogP contribution in [-0.2, 0) is 6.42 Å². The maximum absolute atomic E-state index is 2.64. The van der Waals surface area contributed by atoms with Crippen molar-refractivity contribution in [1.82, 2.24) is 4.90 Å². The van der Waals surface area contributed by atoms with E-state index in [4.69, 9.17) is 0 Å². The van der Waals surface area contributed by atoms with E-state index < -0.39 is 0 Å². The van der Waals surface area contributed by atoms with Crippen LogP contribution in [0.15, 0.2) is 41.8 Å². The van der Waals surface area contributed by atoms with Crippen LogP contribution in [0, 0.1) is 0 Å². The first-order chi connectivity index (χ1) is 9.55. The first kappa shape index (κ1) is 13.8. The zero-order chi connectivity index (χ0) is 14.2. The van der Waals surface area contributed by atoms with Gasteiger partial charge < -0.3 is 0 Å². The van der Waals surface area contributed by atoms with Gasteiger partial charge in [-0.2, -0.15) is 0 Å². The zero-order valence-electron chi connectivity index (χ0n) is 12.6. The molecule has 1 nitrogen and oxygen atoms in total. The highest BCUT2D eigenvalue weighted by molar-refractivity contribution is 7.10. The molecule has 0 bridgehead atoms. The lowest BCUT2D eigenvalue weighted by Gasteiger charge is -2.36. The maximum atomic E-state index is 2.64. The Labute approximate surface area is 126 Å². The molecule has 0 N–H and O–H groups in total. The van der Waals surface area contributed by atoms with Crippen LogP contribution in [-0.4, -0.2) is 23.5 Å². The second kappa shape index (κ2) is 5.34. The van der Waals surface area contributed by atoms with Crippen molar-refractivity contribution < 1.29 is 0 Å². The van der Waals surface area contributed by atoms with Crippen LogP contribution in [0.1, 0.15) is 42.7 Å². The van der Waals surface area contributed by atoms with Gasteiger partial charge in [0.1, 0.15) is 0 Å². The molecule has 0 amide bonds. The molecule has 0 radical (unpaired) electrons. The minimum absolute atomic E-state index is 0.237. The predicted molar refractivity (Wildman–Crippen MR) is 87.6 cm³/mol. The van der Waals surface area contributed by atoms with Crippen LogP contribution in [0.4, 0.5) is 0 Å². The van der Waals surface area contributed by atoms with E-state index in [1.807, 2.05) is 11.3 Å². The molecule has 0 aliphatic carbocycles. The molecule has 1 aromatic carbocycles. The van der Waals surface area contributed by atoms with Gasteiger partial charge in [0.25, 0.3) is 0 Å². The molecular weight excluding hydrogens is 262 g/mol. The molecule has 106 valence electrons. The van der Waals surface area contributed by atoms with Crippen LogP contribution < -0.4 is 0 Å². The third kappa shape index (κ3) is 2.68. The van der Waals surface area contributed by atoms with E-state index in [-0.39, 0.29) is 5.54 Å². The summed E-state index contributed by atoms with van der Waals surface area (Å²) in [6.07, 6.45) is 1.18. The number of hydrogen-bond donors (Lipinski definition) is 0. The molecule has 1 atom stereocenters. The summed E-state index contributed by atoms with van der Waals surface area (Å²) < 4.78 is 0. The van der Waals surface area contributed by atoms with Crippen molar-refractivity contribution in [2.24, 2.45) is 0 Å². The average molecular weight is 285 g/mol. The number of fused-ring (bicyclic) bond motifs is 1. The first-order valence-electron chi connectivity index (χ1n) is 7.42. The lowest BCUT2D eigenvalue weighted by atomic mass is 9.94. The molecule has 1 aliphatic heterocycles. The Morgan fingerprint density at radius 1 is 1.10 bits per heavy atom. The van der Waals surface area contributed by atoms with E-state index in [0.717, 1.165) is 13.1 Å². The van der Waals surface area contributed by atoms with Crippen LogP contribution in [0.5, 0.6) is 0 Å². The third-order valence-electron chi connectivity index (χ3n) is 4.30. The molecule has 0 fully saturated rings. The van der Waals surface area contributed by atoms with Gasteiger partial charge in [0, 0.05) is 29.4 Å². The van der Waals surface area contributed by atoms with Gasteiger partial charge in [0.05, 0.1) is 0 Å². The van der Waals surface area contributed by atoms with Crippen molar-refractivity contribution >= 4 is 11.3 Å². The summed E-state index contributed by atoms with van der Waals surface area (Å²) in [5.74, 6) is 0.521. The third-order valence-corrected chi connectivity index (χ3v) is 5.37. The van der Waals surface area contributed by atoms with Crippen molar-refractivity contribution in [3.63, 3.8) is 0 Å². The summed E-state index contributed by atoms with van der Waals surface area (Å²) in [4.78, 5) is 4.21. The molecule has 20 heavy (non-hydrogen) atoms. The fourth-order valence-corrected chi connectivity index (χ4v) is 4.14. The average Bonchev–Trinajstić information content (AvgIpc) is 2.79. The highest BCUT2D eigenvalue weighted by Gasteiger charge is 2.30. The zero-order valence-corrected chi connectivity index (χ0v) is 13.4. The lowest BCUT2D eigenvalue weighted by Crippen LogP contribution is -2.43. The van der Waals surface area contributed by atoms with Crippen molar-refractivity contribution in [2.45, 2.75) is 38.6 Å². The fraction of sp³-hybridized carbons (Fsp3) is 0.444. The molecular formula is C18H23NS. The van der Waals surface area contributed by atoms with Gasteiger partial charge in [-0.3, -0.25) is 4.90 Å². The number of benzene rings is 1. The monoisotopic (exact) mass is 285 g/mol. The Kier molecular flexibility index (Phi) is 3.70. The second-order valence-electron chi connectivity index (χ2n) is 6.64. The maximum Gasteiger partial charge on any atom is 0.0314 e. The van der Waals surface area contributed by atoms with E-state index in [9.17, 15) is 0 Å². The summed E-state index contributed by atoms with van der Waals surface area (Å²) in [5.41, 5.74) is 3.24. The van der Waals surface area contributed by atoms with Gasteiger partial charge in [-0.1, -0.05) is 30.3 Å². The Balaban J connectivity index is 2.00. The summed E-state index contributed by atoms with van der Waals surface area (Å²) >= 11 is 1.93. The minimum atomic E-state index is 0.237. The highest BCUT2D eigenvalue weighted by atomic mass is 32.1. The SMILES string of the molecule is CC(C)(C)N1CCc2ccsc2C(c2ccccc2)C1. The molecule has 1 unspecified atom stereocenters. The minimum Gasteiger partial charge on any atom is -0.297 e. The molecule has 1 aromatic heterocycles. The van der Waals surface area contributed by atoms with Gasteiger partial charge in [0.15, 0.2) is 0 Å². The predicted octanol–water partition coefficient (Wildman–Crippen LogP) is 4.54. The van der Waals surface area contributed by atoms with Gasteiger partial charge in [0.2, 0.25) is 0 Å². The summed E-state index contributed by atoms with van der Waals surface area (Å²) in [6, 6.07) is 13.3. The van der Waals surface area contributed by atoms with Crippen molar-refractivity contribution in [1.29, 1.82) is 0 Å². The van der Waals surface area contributed by atoms with E-state index >= 15 is 0 Å². The first-order valence-corrected chi connectivity index (χ1v) is 8.30. The molecule has 3 rings (SSSR count). The van der Waals surface area contributed by atoms with Crippen molar-refractivity contribution in [2.75, 3.05) is 13.1 Å². The van der Waals surface area contributed by atoms with Crippen LogP contribution in [0.25, 0.3) is 0 Å². The Hall–Kier alpha value is -1.12. The topological polar surface area (TPSA) is 3.24 Å². The summed E-state index contributed by atoms with van der Waals surface area (Å²) in [6.45, 7) is 9.27. The van der Waals surface area contributed by atoms with Gasteiger partial charge >= 0.3 is 0 Å². The second-order valence-corrected chi connectivity index (χ2v) is 7.59. The largest absolute Gasteiger partial charge is 0.297 e. The van der Waals surface area contributed by atoms with E-state index in [1.165, 1.54) is 12.0 Å². The molecule has 0 saturated carbocycles. The highest BCUT2D eigenvalue weighted by Crippen LogP contribution is 2.36. The van der Waals surface area contributed by atoms with Gasteiger partial charge in [-0.05, 0) is 49.8 Å². The quantitative estimate of drug-likeness (QED) is 0.743. The van der Waals surface area contributed by atoms with Crippen molar-refractivity contribution in [3.05, 3.63) is 57.8 Å². The molecule has 0 spiro atoms. The van der Waals surface area contributed by atoms with E-state index in [1.54, 1.807) is 10.4 Å². The Bertz CT molecular complexity index is 565. The number of nitrogens with zero attached hydrogens (tertiary/aromatic N) is 1. The van der Waals surface area contributed by atoms with E-state index in [0.29, 0.717) is 5.92 Å². The molecule has 2 aromatic rings. The smallest absolute Gasteiger partial charge is 0.0314 e. The molecule has 0 saturated heterocycles. The normalized spacial score (nSPS) is 20.4. The van der Waals surface area contributed by atoms with Gasteiger partial charge in [-0.15, -0.1) is 11.3 Å². The number of thiophene rings is 1. The van der Waals surface area contributed by atoms with Crippen LogP contribution >= 0.6 is 11.3 Å². The summed E-state index contributed by atoms with van der Waals surface area (Å²) in [7, 11) is 0. The number of rotatable bonds is 1. The molecule has 1 aliphatic rings. The van der Waals surface area contributed by atoms with Crippen LogP contribution in [0.2, 0.25) is 0 Å².